The highest BCUT2D eigenvalue weighted by molar-refractivity contribution is 5.40. The third-order valence-electron chi connectivity index (χ3n) is 2.03. The van der Waals surface area contributed by atoms with Crippen LogP contribution in [0.15, 0.2) is 12.1 Å². The van der Waals surface area contributed by atoms with Gasteiger partial charge in [-0.25, -0.2) is 8.78 Å². The molecule has 78 valence electrons. The third-order valence-corrected chi connectivity index (χ3v) is 2.03. The minimum atomic E-state index is -0.837. The predicted molar refractivity (Wildman–Crippen MR) is 51.6 cm³/mol. The molecule has 0 aliphatic rings. The fourth-order valence-corrected chi connectivity index (χ4v) is 1.40. The minimum Gasteiger partial charge on any atom is -0.496 e. The van der Waals surface area contributed by atoms with Crippen molar-refractivity contribution in [1.82, 2.24) is 0 Å². The Kier molecular flexibility index (Phi) is 2.79. The molecule has 0 aliphatic heterocycles. The molecule has 3 heteroatoms. The van der Waals surface area contributed by atoms with Crippen molar-refractivity contribution in [2.24, 2.45) is 0 Å². The summed E-state index contributed by atoms with van der Waals surface area (Å²) in [6.07, 6.45) is 0. The molecular formula is C11H14F2O. The van der Waals surface area contributed by atoms with Crippen LogP contribution < -0.4 is 4.74 Å². The van der Waals surface area contributed by atoms with E-state index in [4.69, 9.17) is 4.74 Å². The summed E-state index contributed by atoms with van der Waals surface area (Å²) in [6, 6.07) is 2.52. The first-order valence-corrected chi connectivity index (χ1v) is 4.40. The fraction of sp³-hybridized carbons (Fsp3) is 0.455. The zero-order valence-corrected chi connectivity index (χ0v) is 8.82. The monoisotopic (exact) mass is 200 g/mol. The lowest BCUT2D eigenvalue weighted by Gasteiger charge is -2.22. The Labute approximate surface area is 82.7 Å². The molecule has 0 N–H and O–H groups in total. The molecule has 1 aromatic carbocycles. The number of halogens is 2. The van der Waals surface area contributed by atoms with E-state index in [9.17, 15) is 8.78 Å². The van der Waals surface area contributed by atoms with Gasteiger partial charge in [-0.05, 0) is 17.5 Å². The lowest BCUT2D eigenvalue weighted by molar-refractivity contribution is 0.379. The molecule has 0 bridgehead atoms. The summed E-state index contributed by atoms with van der Waals surface area (Å²) in [7, 11) is 1.45. The number of benzene rings is 1. The molecule has 1 rings (SSSR count). The van der Waals surface area contributed by atoms with Crippen molar-refractivity contribution in [2.75, 3.05) is 7.11 Å². The van der Waals surface area contributed by atoms with Gasteiger partial charge in [0.05, 0.1) is 7.11 Å². The number of rotatable bonds is 1. The Hall–Kier alpha value is -1.12. The molecule has 0 saturated heterocycles. The maximum absolute atomic E-state index is 13.5. The highest BCUT2D eigenvalue weighted by Crippen LogP contribution is 2.34. The van der Waals surface area contributed by atoms with E-state index in [2.05, 4.69) is 0 Å². The number of hydrogen-bond acceptors (Lipinski definition) is 1. The second kappa shape index (κ2) is 3.56. The third kappa shape index (κ3) is 1.86. The molecule has 0 atom stereocenters. The average molecular weight is 200 g/mol. The molecule has 0 radical (unpaired) electrons. The lowest BCUT2D eigenvalue weighted by Crippen LogP contribution is -2.16. The number of methoxy groups -OCH3 is 1. The summed E-state index contributed by atoms with van der Waals surface area (Å²) in [5, 5.41) is 0. The first kappa shape index (κ1) is 11.0. The Balaban J connectivity index is 3.44. The molecular weight excluding hydrogens is 186 g/mol. The van der Waals surface area contributed by atoms with Gasteiger partial charge in [-0.15, -0.1) is 0 Å². The summed E-state index contributed by atoms with van der Waals surface area (Å²) in [5.74, 6) is -1.27. The molecule has 0 aliphatic carbocycles. The number of hydrogen-bond donors (Lipinski definition) is 0. The smallest absolute Gasteiger partial charge is 0.166 e. The largest absolute Gasteiger partial charge is 0.496 e. The van der Waals surface area contributed by atoms with Gasteiger partial charge in [0.15, 0.2) is 11.6 Å². The van der Waals surface area contributed by atoms with Crippen molar-refractivity contribution in [3.8, 4) is 5.75 Å². The molecule has 0 unspecified atom stereocenters. The van der Waals surface area contributed by atoms with E-state index in [1.54, 1.807) is 0 Å². The van der Waals surface area contributed by atoms with Gasteiger partial charge < -0.3 is 4.74 Å². The first-order valence-electron chi connectivity index (χ1n) is 4.40. The normalized spacial score (nSPS) is 11.6. The SMILES string of the molecule is COc1ccc(F)c(F)c1C(C)(C)C. The summed E-state index contributed by atoms with van der Waals surface area (Å²) in [5.41, 5.74) is -0.197. The molecule has 0 spiro atoms. The van der Waals surface area contributed by atoms with Crippen LogP contribution in [0.3, 0.4) is 0 Å². The van der Waals surface area contributed by atoms with E-state index in [0.29, 0.717) is 5.75 Å². The van der Waals surface area contributed by atoms with E-state index in [1.165, 1.54) is 13.2 Å². The van der Waals surface area contributed by atoms with Crippen LogP contribution in [0, 0.1) is 11.6 Å². The molecule has 0 amide bonds. The second-order valence-corrected chi connectivity index (χ2v) is 4.19. The van der Waals surface area contributed by atoms with Crippen LogP contribution >= 0.6 is 0 Å². The van der Waals surface area contributed by atoms with E-state index in [1.807, 2.05) is 20.8 Å². The van der Waals surface area contributed by atoms with Crippen LogP contribution in [0.2, 0.25) is 0 Å². The van der Waals surface area contributed by atoms with Crippen LogP contribution in [-0.2, 0) is 5.41 Å². The second-order valence-electron chi connectivity index (χ2n) is 4.19. The van der Waals surface area contributed by atoms with E-state index in [0.717, 1.165) is 6.07 Å². The molecule has 0 saturated carbocycles. The van der Waals surface area contributed by atoms with Gasteiger partial charge >= 0.3 is 0 Å². The predicted octanol–water partition coefficient (Wildman–Crippen LogP) is 3.27. The summed E-state index contributed by atoms with van der Waals surface area (Å²) in [6.45, 7) is 5.44. The lowest BCUT2D eigenvalue weighted by atomic mass is 9.86. The van der Waals surface area contributed by atoms with E-state index >= 15 is 0 Å². The van der Waals surface area contributed by atoms with Crippen molar-refractivity contribution < 1.29 is 13.5 Å². The van der Waals surface area contributed by atoms with Crippen LogP contribution in [0.25, 0.3) is 0 Å². The average Bonchev–Trinajstić information content (AvgIpc) is 2.07. The van der Waals surface area contributed by atoms with Gasteiger partial charge in [-0.2, -0.15) is 0 Å². The van der Waals surface area contributed by atoms with Crippen LogP contribution in [0.1, 0.15) is 26.3 Å². The number of ether oxygens (including phenoxy) is 1. The Morgan fingerprint density at radius 3 is 2.14 bits per heavy atom. The molecule has 0 aromatic heterocycles. The topological polar surface area (TPSA) is 9.23 Å². The van der Waals surface area contributed by atoms with Gasteiger partial charge in [0.25, 0.3) is 0 Å². The van der Waals surface area contributed by atoms with Gasteiger partial charge in [-0.3, -0.25) is 0 Å². The molecule has 1 nitrogen and oxygen atoms in total. The van der Waals surface area contributed by atoms with Gasteiger partial charge in [0, 0.05) is 5.56 Å². The highest BCUT2D eigenvalue weighted by atomic mass is 19.2. The van der Waals surface area contributed by atoms with Crippen molar-refractivity contribution in [1.29, 1.82) is 0 Å². The minimum absolute atomic E-state index is 0.278. The van der Waals surface area contributed by atoms with Crippen LogP contribution in [0.5, 0.6) is 5.75 Å². The first-order chi connectivity index (χ1) is 6.38. The fourth-order valence-electron chi connectivity index (χ4n) is 1.40. The summed E-state index contributed by atoms with van der Waals surface area (Å²) < 4.78 is 31.5. The molecule has 1 aromatic rings. The highest BCUT2D eigenvalue weighted by Gasteiger charge is 2.25. The van der Waals surface area contributed by atoms with E-state index in [-0.39, 0.29) is 5.56 Å². The molecule has 0 fully saturated rings. The van der Waals surface area contributed by atoms with Gasteiger partial charge in [0.2, 0.25) is 0 Å². The summed E-state index contributed by atoms with van der Waals surface area (Å²) >= 11 is 0. The van der Waals surface area contributed by atoms with E-state index < -0.39 is 17.0 Å². The zero-order valence-electron chi connectivity index (χ0n) is 8.82. The van der Waals surface area contributed by atoms with Crippen molar-refractivity contribution in [2.45, 2.75) is 26.2 Å². The standard InChI is InChI=1S/C11H14F2O/c1-11(2,3)9-8(14-4)6-5-7(12)10(9)13/h5-6H,1-4H3. The Morgan fingerprint density at radius 1 is 1.14 bits per heavy atom. The molecule has 14 heavy (non-hydrogen) atoms. The summed E-state index contributed by atoms with van der Waals surface area (Å²) in [4.78, 5) is 0. The van der Waals surface area contributed by atoms with Crippen LogP contribution in [-0.4, -0.2) is 7.11 Å². The molecule has 0 heterocycles. The zero-order chi connectivity index (χ0) is 10.9. The quantitative estimate of drug-likeness (QED) is 0.676. The van der Waals surface area contributed by atoms with Crippen LogP contribution in [0.4, 0.5) is 8.78 Å². The van der Waals surface area contributed by atoms with Gasteiger partial charge in [0.1, 0.15) is 5.75 Å². The Bertz CT molecular complexity index is 340. The maximum Gasteiger partial charge on any atom is 0.166 e. The van der Waals surface area contributed by atoms with Crippen molar-refractivity contribution in [3.05, 3.63) is 29.3 Å². The van der Waals surface area contributed by atoms with Crippen molar-refractivity contribution in [3.63, 3.8) is 0 Å². The van der Waals surface area contributed by atoms with Gasteiger partial charge in [-0.1, -0.05) is 20.8 Å². The Morgan fingerprint density at radius 2 is 1.71 bits per heavy atom. The maximum atomic E-state index is 13.5. The van der Waals surface area contributed by atoms with Crippen molar-refractivity contribution >= 4 is 0 Å².